The van der Waals surface area contributed by atoms with E-state index in [2.05, 4.69) is 31.0 Å². The Kier molecular flexibility index (Phi) is 11.6. The summed E-state index contributed by atoms with van der Waals surface area (Å²) in [6.45, 7) is 0. The molecule has 0 aliphatic rings. The van der Waals surface area contributed by atoms with Crippen molar-refractivity contribution in [2.45, 2.75) is 0 Å². The molecule has 12 nitrogen and oxygen atoms in total. The molecule has 0 saturated carbocycles. The molecule has 0 aliphatic heterocycles. The molecule has 0 bridgehead atoms. The quantitative estimate of drug-likeness (QED) is 0.150. The van der Waals surface area contributed by atoms with Gasteiger partial charge in [0.25, 0.3) is 11.8 Å². The zero-order valence-corrected chi connectivity index (χ0v) is 20.8. The Balaban J connectivity index is 0.000000267. The van der Waals surface area contributed by atoms with Gasteiger partial charge in [-0.3, -0.25) is 19.6 Å². The maximum absolute atomic E-state index is 11.6. The summed E-state index contributed by atoms with van der Waals surface area (Å²) in [7, 11) is 0. The summed E-state index contributed by atoms with van der Waals surface area (Å²) in [5.41, 5.74) is 5.22. The number of benzene rings is 2. The van der Waals surface area contributed by atoms with Crippen LogP contribution in [0.25, 0.3) is 0 Å². The third-order valence-corrected chi connectivity index (χ3v) is 4.65. The van der Waals surface area contributed by atoms with Crippen LogP contribution in [0.2, 0.25) is 0 Å². The molecule has 39 heavy (non-hydrogen) atoms. The number of carbonyl (C=O) groups is 2. The van der Waals surface area contributed by atoms with Crippen LogP contribution in [0.15, 0.2) is 95.7 Å². The number of hydrogen-bond donors (Lipinski definition) is 4. The number of aromatic hydroxyl groups is 2. The second kappa shape index (κ2) is 15.1. The van der Waals surface area contributed by atoms with E-state index in [1.54, 1.807) is 36.7 Å². The molecule has 0 aliphatic carbocycles. The van der Waals surface area contributed by atoms with Crippen LogP contribution < -0.4 is 21.1 Å². The molecule has 201 valence electrons. The van der Waals surface area contributed by atoms with Gasteiger partial charge in [0, 0.05) is 35.9 Å². The summed E-state index contributed by atoms with van der Waals surface area (Å²) in [6.07, 6.45) is 8.09. The van der Waals surface area contributed by atoms with Crippen molar-refractivity contribution in [3.05, 3.63) is 108 Å². The maximum atomic E-state index is 11.6. The summed E-state index contributed by atoms with van der Waals surface area (Å²) in [4.78, 5) is 30.8. The number of aromatic nitrogens is 2. The Bertz CT molecular complexity index is 1300. The van der Waals surface area contributed by atoms with Crippen molar-refractivity contribution in [3.63, 3.8) is 0 Å². The van der Waals surface area contributed by atoms with Crippen molar-refractivity contribution in [1.29, 1.82) is 0 Å². The Morgan fingerprint density at radius 1 is 0.692 bits per heavy atom. The van der Waals surface area contributed by atoms with Crippen LogP contribution in [0.4, 0.5) is 0 Å². The minimum Gasteiger partial charge on any atom is -0.872 e. The number of amides is 2. The Morgan fingerprint density at radius 3 is 1.44 bits per heavy atom. The van der Waals surface area contributed by atoms with Crippen LogP contribution in [0.3, 0.4) is 0 Å². The number of rotatable bonds is 6. The van der Waals surface area contributed by atoms with E-state index >= 15 is 0 Å². The maximum Gasteiger partial charge on any atom is 2.00 e. The smallest absolute Gasteiger partial charge is 0.872 e. The first-order valence-electron chi connectivity index (χ1n) is 10.8. The van der Waals surface area contributed by atoms with Gasteiger partial charge in [-0.2, -0.15) is 10.2 Å². The monoisotopic (exact) mass is 575 g/mol. The minimum absolute atomic E-state index is 0. The molecule has 2 aromatic carbocycles. The van der Waals surface area contributed by atoms with Crippen LogP contribution in [-0.2, 0) is 17.1 Å². The molecule has 1 radical (unpaired) electrons. The van der Waals surface area contributed by atoms with E-state index in [4.69, 9.17) is 0 Å². The summed E-state index contributed by atoms with van der Waals surface area (Å²) >= 11 is 0. The van der Waals surface area contributed by atoms with Gasteiger partial charge in [0.05, 0.1) is 23.6 Å². The van der Waals surface area contributed by atoms with Crippen molar-refractivity contribution >= 4 is 24.2 Å². The average molecular weight is 576 g/mol. The van der Waals surface area contributed by atoms with Gasteiger partial charge < -0.3 is 20.4 Å². The van der Waals surface area contributed by atoms with Gasteiger partial charge in [-0.25, -0.2) is 10.9 Å². The van der Waals surface area contributed by atoms with Gasteiger partial charge in [0.15, 0.2) is 0 Å². The number of nitrogens with zero attached hydrogens (tertiary/aromatic N) is 4. The third-order valence-electron chi connectivity index (χ3n) is 4.65. The second-order valence-electron chi connectivity index (χ2n) is 7.26. The van der Waals surface area contributed by atoms with Crippen molar-refractivity contribution in [2.24, 2.45) is 10.2 Å². The molecule has 4 aromatic rings. The zero-order valence-electron chi connectivity index (χ0n) is 19.9. The first-order chi connectivity index (χ1) is 18.4. The molecule has 2 heterocycles. The second-order valence-corrected chi connectivity index (χ2v) is 7.26. The van der Waals surface area contributed by atoms with Crippen LogP contribution in [0.1, 0.15) is 31.8 Å². The molecule has 0 saturated heterocycles. The fraction of sp³-hybridized carbons (Fsp3) is 0. The molecule has 0 spiro atoms. The fourth-order valence-corrected chi connectivity index (χ4v) is 2.76. The molecule has 4 N–H and O–H groups in total. The Morgan fingerprint density at radius 2 is 1.10 bits per heavy atom. The number of pyridine rings is 2. The minimum atomic E-state index is -0.452. The van der Waals surface area contributed by atoms with Crippen molar-refractivity contribution < 1.29 is 47.1 Å². The Labute approximate surface area is 232 Å². The van der Waals surface area contributed by atoms with E-state index < -0.39 is 11.8 Å². The van der Waals surface area contributed by atoms with E-state index in [0.717, 1.165) is 12.4 Å². The van der Waals surface area contributed by atoms with Gasteiger partial charge in [0.1, 0.15) is 11.5 Å². The standard InChI is InChI=1S/2C13H11N3O3.Cu/c2*17-11-4-1-5-12(18)10(11)8-15-16-13(19)9-3-2-6-14-7-9;/h2*1-8,17-18H,(H,16,19);/q;;+2/p-2/b2*15-8+;. The van der Waals surface area contributed by atoms with Crippen LogP contribution in [-0.4, -0.2) is 44.4 Å². The van der Waals surface area contributed by atoms with E-state index in [1.165, 1.54) is 48.8 Å². The topological polar surface area (TPSA) is 195 Å². The van der Waals surface area contributed by atoms with E-state index in [9.17, 15) is 30.0 Å². The fourth-order valence-electron chi connectivity index (χ4n) is 2.76. The molecule has 0 fully saturated rings. The summed E-state index contributed by atoms with van der Waals surface area (Å²) in [5.74, 6) is -2.03. The van der Waals surface area contributed by atoms with Crippen LogP contribution >= 0.6 is 0 Å². The largest absolute Gasteiger partial charge is 2.00 e. The number of nitrogens with one attached hydrogen (secondary N) is 2. The average Bonchev–Trinajstić information content (AvgIpc) is 2.93. The molecular weight excluding hydrogens is 556 g/mol. The number of hydrazone groups is 2. The molecule has 0 atom stereocenters. The zero-order chi connectivity index (χ0) is 27.3. The molecule has 13 heteroatoms. The molecule has 2 amide bonds. The molecular formula is C26H20CuN6O6. The SMILES string of the molecule is O=C(N/N=C/c1c([O-])cccc1O)c1cccnc1.O=C(N/N=C/c1c([O-])cccc1O)c1cccnc1.[Cu+2]. The number of hydrogen-bond acceptors (Lipinski definition) is 10. The Hall–Kier alpha value is -5.26. The van der Waals surface area contributed by atoms with Gasteiger partial charge in [-0.15, -0.1) is 0 Å². The van der Waals surface area contributed by atoms with Crippen molar-refractivity contribution in [1.82, 2.24) is 20.8 Å². The van der Waals surface area contributed by atoms with Crippen LogP contribution in [0, 0.1) is 0 Å². The normalized spacial score (nSPS) is 10.3. The van der Waals surface area contributed by atoms with Gasteiger partial charge >= 0.3 is 17.1 Å². The molecule has 4 rings (SSSR count). The van der Waals surface area contributed by atoms with Crippen molar-refractivity contribution in [2.75, 3.05) is 0 Å². The van der Waals surface area contributed by atoms with Crippen LogP contribution in [0.5, 0.6) is 23.0 Å². The number of phenolic OH excluding ortho intramolecular Hbond substituents is 2. The summed E-state index contributed by atoms with van der Waals surface area (Å²) in [6, 6.07) is 14.6. The predicted octanol–water partition coefficient (Wildman–Crippen LogP) is 1.25. The summed E-state index contributed by atoms with van der Waals surface area (Å²) in [5, 5.41) is 49.0. The van der Waals surface area contributed by atoms with E-state index in [0.29, 0.717) is 11.1 Å². The number of carbonyl (C=O) groups excluding carboxylic acids is 2. The molecule has 0 unspecified atom stereocenters. The first kappa shape index (κ1) is 30.0. The van der Waals surface area contributed by atoms with Gasteiger partial charge in [-0.1, -0.05) is 35.8 Å². The first-order valence-corrected chi connectivity index (χ1v) is 10.8. The van der Waals surface area contributed by atoms with Gasteiger partial charge in [-0.05, 0) is 36.4 Å². The van der Waals surface area contributed by atoms with E-state index in [-0.39, 0.29) is 51.2 Å². The predicted molar refractivity (Wildman–Crippen MR) is 134 cm³/mol. The van der Waals surface area contributed by atoms with E-state index in [1.807, 2.05) is 0 Å². The third kappa shape index (κ3) is 8.97. The van der Waals surface area contributed by atoms with Gasteiger partial charge in [0.2, 0.25) is 0 Å². The summed E-state index contributed by atoms with van der Waals surface area (Å²) < 4.78 is 0. The molecule has 2 aromatic heterocycles. The van der Waals surface area contributed by atoms with Crippen molar-refractivity contribution in [3.8, 4) is 23.0 Å². The number of phenols is 2.